The molecular formula is C29H25ClN4OS. The van der Waals surface area contributed by atoms with Gasteiger partial charge in [-0.3, -0.25) is 4.57 Å². The minimum atomic E-state index is 0.154. The predicted molar refractivity (Wildman–Crippen MR) is 146 cm³/mol. The molecule has 0 bridgehead atoms. The van der Waals surface area contributed by atoms with E-state index in [1.54, 1.807) is 11.8 Å². The molecule has 36 heavy (non-hydrogen) atoms. The average molecular weight is 513 g/mol. The van der Waals surface area contributed by atoms with E-state index in [4.69, 9.17) is 26.4 Å². The van der Waals surface area contributed by atoms with Crippen LogP contribution in [0.25, 0.3) is 33.5 Å². The Morgan fingerprint density at radius 3 is 2.58 bits per heavy atom. The fourth-order valence-electron chi connectivity index (χ4n) is 4.63. The molecule has 0 amide bonds. The topological polar surface area (TPSA) is 52.8 Å². The van der Waals surface area contributed by atoms with Crippen molar-refractivity contribution in [1.82, 2.24) is 19.7 Å². The summed E-state index contributed by atoms with van der Waals surface area (Å²) >= 11 is 8.08. The van der Waals surface area contributed by atoms with Crippen LogP contribution in [0.1, 0.15) is 18.4 Å². The van der Waals surface area contributed by atoms with E-state index in [2.05, 4.69) is 46.1 Å². The third-order valence-corrected chi connectivity index (χ3v) is 7.85. The van der Waals surface area contributed by atoms with Gasteiger partial charge in [0.05, 0.1) is 23.9 Å². The highest BCUT2D eigenvalue weighted by Gasteiger charge is 2.23. The van der Waals surface area contributed by atoms with Gasteiger partial charge in [-0.05, 0) is 36.6 Å². The molecule has 0 unspecified atom stereocenters. The molecule has 6 rings (SSSR count). The lowest BCUT2D eigenvalue weighted by atomic mass is 10.0. The first kappa shape index (κ1) is 23.2. The first-order valence-corrected chi connectivity index (χ1v) is 13.5. The molecule has 180 valence electrons. The molecule has 2 aromatic heterocycles. The Balaban J connectivity index is 1.45. The molecule has 1 saturated heterocycles. The number of halogens is 1. The second-order valence-electron chi connectivity index (χ2n) is 8.87. The zero-order chi connectivity index (χ0) is 24.3. The summed E-state index contributed by atoms with van der Waals surface area (Å²) in [6, 6.07) is 28.6. The first-order chi connectivity index (χ1) is 17.8. The van der Waals surface area contributed by atoms with Gasteiger partial charge in [0, 0.05) is 33.9 Å². The molecule has 0 spiro atoms. The molecule has 5 aromatic rings. The summed E-state index contributed by atoms with van der Waals surface area (Å²) in [5.74, 6) is 1.55. The van der Waals surface area contributed by atoms with E-state index in [9.17, 15) is 0 Å². The quantitative estimate of drug-likeness (QED) is 0.214. The highest BCUT2D eigenvalue weighted by atomic mass is 35.5. The number of hydrogen-bond donors (Lipinski definition) is 0. The van der Waals surface area contributed by atoms with Crippen LogP contribution in [-0.4, -0.2) is 32.5 Å². The molecule has 1 atom stereocenters. The van der Waals surface area contributed by atoms with Gasteiger partial charge in [-0.2, -0.15) is 0 Å². The van der Waals surface area contributed by atoms with E-state index in [1.807, 2.05) is 48.5 Å². The van der Waals surface area contributed by atoms with E-state index in [0.717, 1.165) is 74.5 Å². The molecule has 0 N–H and O–H groups in total. The Labute approximate surface area is 219 Å². The zero-order valence-electron chi connectivity index (χ0n) is 19.7. The van der Waals surface area contributed by atoms with E-state index in [-0.39, 0.29) is 6.10 Å². The number of thioether (sulfide) groups is 1. The summed E-state index contributed by atoms with van der Waals surface area (Å²) in [5, 5.41) is 12.1. The van der Waals surface area contributed by atoms with Gasteiger partial charge in [-0.15, -0.1) is 10.2 Å². The van der Waals surface area contributed by atoms with Crippen molar-refractivity contribution in [2.75, 3.05) is 6.61 Å². The number of nitrogens with zero attached hydrogens (tertiary/aromatic N) is 4. The van der Waals surface area contributed by atoms with Gasteiger partial charge in [0.2, 0.25) is 0 Å². The van der Waals surface area contributed by atoms with Crippen LogP contribution >= 0.6 is 23.4 Å². The van der Waals surface area contributed by atoms with Crippen LogP contribution in [-0.2, 0) is 17.0 Å². The molecule has 1 aliphatic rings. The van der Waals surface area contributed by atoms with Gasteiger partial charge in [0.1, 0.15) is 0 Å². The number of benzene rings is 3. The average Bonchev–Trinajstić information content (AvgIpc) is 3.58. The molecule has 0 aliphatic carbocycles. The summed E-state index contributed by atoms with van der Waals surface area (Å²) in [7, 11) is 0. The number of aromatic nitrogens is 4. The van der Waals surface area contributed by atoms with Crippen molar-refractivity contribution < 1.29 is 4.74 Å². The summed E-state index contributed by atoms with van der Waals surface area (Å²) < 4.78 is 8.23. The molecule has 5 nitrogen and oxygen atoms in total. The van der Waals surface area contributed by atoms with Gasteiger partial charge in [0.25, 0.3) is 0 Å². The van der Waals surface area contributed by atoms with Gasteiger partial charge >= 0.3 is 0 Å². The van der Waals surface area contributed by atoms with Crippen molar-refractivity contribution in [3.05, 3.63) is 95.5 Å². The highest BCUT2D eigenvalue weighted by Crippen LogP contribution is 2.35. The van der Waals surface area contributed by atoms with Crippen molar-refractivity contribution in [2.24, 2.45) is 0 Å². The maximum atomic E-state index is 6.43. The third kappa shape index (κ3) is 4.76. The zero-order valence-corrected chi connectivity index (χ0v) is 21.3. The van der Waals surface area contributed by atoms with Crippen molar-refractivity contribution in [2.45, 2.75) is 36.4 Å². The van der Waals surface area contributed by atoms with Gasteiger partial charge in [0.15, 0.2) is 11.0 Å². The summed E-state index contributed by atoms with van der Waals surface area (Å²) in [6.45, 7) is 1.52. The van der Waals surface area contributed by atoms with Gasteiger partial charge < -0.3 is 4.74 Å². The second kappa shape index (κ2) is 10.4. The lowest BCUT2D eigenvalue weighted by molar-refractivity contribution is 0.0953. The number of rotatable bonds is 7. The predicted octanol–water partition coefficient (Wildman–Crippen LogP) is 7.29. The fraction of sp³-hybridized carbons (Fsp3) is 0.207. The van der Waals surface area contributed by atoms with Crippen LogP contribution in [0.3, 0.4) is 0 Å². The number of pyridine rings is 1. The lowest BCUT2D eigenvalue weighted by Crippen LogP contribution is -2.16. The molecule has 7 heteroatoms. The number of hydrogen-bond acceptors (Lipinski definition) is 5. The molecule has 1 fully saturated rings. The normalized spacial score (nSPS) is 15.5. The molecule has 0 saturated carbocycles. The van der Waals surface area contributed by atoms with Gasteiger partial charge in [-0.25, -0.2) is 4.98 Å². The monoisotopic (exact) mass is 512 g/mol. The summed E-state index contributed by atoms with van der Waals surface area (Å²) in [4.78, 5) is 4.96. The van der Waals surface area contributed by atoms with Crippen LogP contribution in [0, 0.1) is 0 Å². The molecule has 3 aromatic carbocycles. The van der Waals surface area contributed by atoms with Crippen LogP contribution in [0.15, 0.2) is 90.1 Å². The number of ether oxygens (including phenoxy) is 1. The number of para-hydroxylation sites is 1. The Kier molecular flexibility index (Phi) is 6.73. The Hall–Kier alpha value is -3.19. The van der Waals surface area contributed by atoms with E-state index >= 15 is 0 Å². The minimum absolute atomic E-state index is 0.154. The van der Waals surface area contributed by atoms with E-state index in [1.165, 1.54) is 0 Å². The van der Waals surface area contributed by atoms with Crippen molar-refractivity contribution in [3.63, 3.8) is 0 Å². The molecule has 0 radical (unpaired) electrons. The number of fused-ring (bicyclic) bond motifs is 1. The Morgan fingerprint density at radius 2 is 1.75 bits per heavy atom. The van der Waals surface area contributed by atoms with E-state index in [0.29, 0.717) is 6.54 Å². The Bertz CT molecular complexity index is 1500. The van der Waals surface area contributed by atoms with Crippen LogP contribution in [0.5, 0.6) is 0 Å². The molecule has 3 heterocycles. The van der Waals surface area contributed by atoms with Gasteiger partial charge in [-0.1, -0.05) is 90.1 Å². The van der Waals surface area contributed by atoms with Crippen molar-refractivity contribution in [1.29, 1.82) is 0 Å². The standard InChI is InChI=1S/C29H25ClN4OS/c30-25-14-6-4-11-21(25)19-36-29-33-32-28(34(29)18-22-12-8-16-35-22)24-17-27(20-9-2-1-3-10-20)31-26-15-7-5-13-23(24)26/h1-7,9-11,13-15,17,22H,8,12,16,18-19H2/t22-/m0/s1. The minimum Gasteiger partial charge on any atom is -0.376 e. The fourth-order valence-corrected chi connectivity index (χ4v) is 5.86. The molecular weight excluding hydrogens is 488 g/mol. The largest absolute Gasteiger partial charge is 0.376 e. The molecule has 1 aliphatic heterocycles. The SMILES string of the molecule is Clc1ccccc1CSc1nnc(-c2cc(-c3ccccc3)nc3ccccc23)n1C[C@@H]1CCCO1. The Morgan fingerprint density at radius 1 is 0.944 bits per heavy atom. The van der Waals surface area contributed by atoms with E-state index < -0.39 is 0 Å². The summed E-state index contributed by atoms with van der Waals surface area (Å²) in [6.07, 6.45) is 2.28. The maximum absolute atomic E-state index is 6.43. The van der Waals surface area contributed by atoms with Crippen molar-refractivity contribution in [3.8, 4) is 22.6 Å². The smallest absolute Gasteiger partial charge is 0.191 e. The van der Waals surface area contributed by atoms with Crippen LogP contribution in [0.4, 0.5) is 0 Å². The summed E-state index contributed by atoms with van der Waals surface area (Å²) in [5.41, 5.74) is 5.03. The maximum Gasteiger partial charge on any atom is 0.191 e. The van der Waals surface area contributed by atoms with Crippen LogP contribution < -0.4 is 0 Å². The highest BCUT2D eigenvalue weighted by molar-refractivity contribution is 7.98. The second-order valence-corrected chi connectivity index (χ2v) is 10.2. The third-order valence-electron chi connectivity index (χ3n) is 6.47. The lowest BCUT2D eigenvalue weighted by Gasteiger charge is -2.16. The van der Waals surface area contributed by atoms with Crippen LogP contribution in [0.2, 0.25) is 5.02 Å². The first-order valence-electron chi connectivity index (χ1n) is 12.1. The van der Waals surface area contributed by atoms with Crippen molar-refractivity contribution >= 4 is 34.3 Å².